The second-order valence-corrected chi connectivity index (χ2v) is 7.68. The maximum absolute atomic E-state index is 12.4. The number of nitrogens with one attached hydrogen (secondary N) is 1. The fraction of sp³-hybridized carbons (Fsp3) is 0.278. The van der Waals surface area contributed by atoms with E-state index in [0.29, 0.717) is 5.92 Å². The van der Waals surface area contributed by atoms with Gasteiger partial charge in [-0.15, -0.1) is 22.7 Å². The van der Waals surface area contributed by atoms with Gasteiger partial charge in [0, 0.05) is 16.5 Å². The van der Waals surface area contributed by atoms with E-state index in [1.54, 1.807) is 17.5 Å². The highest BCUT2D eigenvalue weighted by molar-refractivity contribution is 7.13. The summed E-state index contributed by atoms with van der Waals surface area (Å²) in [6, 6.07) is 9.87. The number of carbonyl (C=O) groups excluding carboxylic acids is 1. The number of thiazole rings is 1. The van der Waals surface area contributed by atoms with Crippen molar-refractivity contribution in [3.63, 3.8) is 0 Å². The van der Waals surface area contributed by atoms with E-state index < -0.39 is 0 Å². The van der Waals surface area contributed by atoms with Gasteiger partial charge < -0.3 is 5.32 Å². The molecule has 0 radical (unpaired) electrons. The molecule has 0 fully saturated rings. The standard InChI is InChI=1S/C18H19N3OS2/c1-12(2)17(15-7-5-9-23-15)21-16(22)10-13-11-24-18(20-13)14-6-3-4-8-19-14/h3-9,11-12,17H,10H2,1-2H3,(H,21,22)/t17-/m1/s1. The maximum atomic E-state index is 12.4. The van der Waals surface area contributed by atoms with Gasteiger partial charge in [0.2, 0.25) is 5.91 Å². The quantitative estimate of drug-likeness (QED) is 0.715. The van der Waals surface area contributed by atoms with Crippen LogP contribution >= 0.6 is 22.7 Å². The van der Waals surface area contributed by atoms with Crippen molar-refractivity contribution in [1.29, 1.82) is 0 Å². The minimum Gasteiger partial charge on any atom is -0.348 e. The van der Waals surface area contributed by atoms with Gasteiger partial charge in [0.1, 0.15) is 5.01 Å². The first-order chi connectivity index (χ1) is 11.6. The van der Waals surface area contributed by atoms with Crippen molar-refractivity contribution in [3.8, 4) is 10.7 Å². The number of aromatic nitrogens is 2. The summed E-state index contributed by atoms with van der Waals surface area (Å²) in [5, 5.41) is 7.95. The molecule has 0 saturated heterocycles. The van der Waals surface area contributed by atoms with Crippen LogP contribution in [-0.4, -0.2) is 15.9 Å². The highest BCUT2D eigenvalue weighted by Crippen LogP contribution is 2.26. The van der Waals surface area contributed by atoms with Crippen molar-refractivity contribution in [2.24, 2.45) is 5.92 Å². The number of carbonyl (C=O) groups is 1. The van der Waals surface area contributed by atoms with Crippen molar-refractivity contribution in [2.75, 3.05) is 0 Å². The van der Waals surface area contributed by atoms with E-state index in [1.807, 2.05) is 35.0 Å². The lowest BCUT2D eigenvalue weighted by Crippen LogP contribution is -2.32. The molecule has 0 unspecified atom stereocenters. The predicted molar refractivity (Wildman–Crippen MR) is 99.1 cm³/mol. The summed E-state index contributed by atoms with van der Waals surface area (Å²) in [7, 11) is 0. The van der Waals surface area contributed by atoms with Crippen molar-refractivity contribution in [1.82, 2.24) is 15.3 Å². The SMILES string of the molecule is CC(C)[C@@H](NC(=O)Cc1csc(-c2ccccn2)n1)c1cccs1. The average molecular weight is 358 g/mol. The molecule has 1 amide bonds. The molecule has 1 N–H and O–H groups in total. The van der Waals surface area contributed by atoms with Crippen LogP contribution in [0.25, 0.3) is 10.7 Å². The van der Waals surface area contributed by atoms with Gasteiger partial charge in [0.25, 0.3) is 0 Å². The zero-order valence-electron chi connectivity index (χ0n) is 13.6. The normalized spacial score (nSPS) is 12.3. The highest BCUT2D eigenvalue weighted by Gasteiger charge is 2.20. The molecule has 3 rings (SSSR count). The molecule has 6 heteroatoms. The number of rotatable bonds is 6. The molecule has 0 bridgehead atoms. The molecule has 0 aliphatic carbocycles. The third-order valence-corrected chi connectivity index (χ3v) is 5.48. The lowest BCUT2D eigenvalue weighted by atomic mass is 10.0. The van der Waals surface area contributed by atoms with Crippen LogP contribution in [0.4, 0.5) is 0 Å². The molecule has 0 saturated carbocycles. The highest BCUT2D eigenvalue weighted by atomic mass is 32.1. The number of amides is 1. The Balaban J connectivity index is 1.66. The molecule has 0 spiro atoms. The van der Waals surface area contributed by atoms with Gasteiger partial charge in [0.05, 0.1) is 23.9 Å². The third kappa shape index (κ3) is 4.07. The van der Waals surface area contributed by atoms with E-state index in [9.17, 15) is 4.79 Å². The zero-order chi connectivity index (χ0) is 16.9. The Morgan fingerprint density at radius 2 is 2.08 bits per heavy atom. The average Bonchev–Trinajstić information content (AvgIpc) is 3.25. The topological polar surface area (TPSA) is 54.9 Å². The van der Waals surface area contributed by atoms with E-state index in [0.717, 1.165) is 16.4 Å². The van der Waals surface area contributed by atoms with Crippen molar-refractivity contribution in [2.45, 2.75) is 26.3 Å². The monoisotopic (exact) mass is 357 g/mol. The van der Waals surface area contributed by atoms with Gasteiger partial charge in [-0.25, -0.2) is 4.98 Å². The minimum absolute atomic E-state index is 0.0000270. The number of hydrogen-bond acceptors (Lipinski definition) is 5. The van der Waals surface area contributed by atoms with E-state index in [-0.39, 0.29) is 18.4 Å². The number of thiophene rings is 1. The Morgan fingerprint density at radius 3 is 2.75 bits per heavy atom. The smallest absolute Gasteiger partial charge is 0.226 e. The van der Waals surface area contributed by atoms with Crippen molar-refractivity contribution in [3.05, 3.63) is 57.9 Å². The second-order valence-electron chi connectivity index (χ2n) is 5.84. The molecule has 4 nitrogen and oxygen atoms in total. The fourth-order valence-corrected chi connectivity index (χ4v) is 4.16. The number of hydrogen-bond donors (Lipinski definition) is 1. The Bertz CT molecular complexity index is 782. The van der Waals surface area contributed by atoms with Crippen LogP contribution in [0, 0.1) is 5.92 Å². The first-order valence-corrected chi connectivity index (χ1v) is 9.58. The van der Waals surface area contributed by atoms with Crippen LogP contribution in [0.1, 0.15) is 30.5 Å². The van der Waals surface area contributed by atoms with E-state index in [2.05, 4.69) is 35.2 Å². The first-order valence-electron chi connectivity index (χ1n) is 7.82. The molecule has 3 heterocycles. The first kappa shape index (κ1) is 16.8. The van der Waals surface area contributed by atoms with Gasteiger partial charge in [0.15, 0.2) is 0 Å². The fourth-order valence-electron chi connectivity index (χ4n) is 2.42. The van der Waals surface area contributed by atoms with Gasteiger partial charge in [-0.3, -0.25) is 9.78 Å². The molecule has 3 aromatic rings. The van der Waals surface area contributed by atoms with E-state index >= 15 is 0 Å². The summed E-state index contributed by atoms with van der Waals surface area (Å²) < 4.78 is 0. The lowest BCUT2D eigenvalue weighted by molar-refractivity contribution is -0.121. The Hall–Kier alpha value is -2.05. The molecule has 3 aromatic heterocycles. The summed E-state index contributed by atoms with van der Waals surface area (Å²) in [6.45, 7) is 4.24. The molecule has 0 aliphatic rings. The van der Waals surface area contributed by atoms with Crippen LogP contribution in [-0.2, 0) is 11.2 Å². The summed E-state index contributed by atoms with van der Waals surface area (Å²) in [5.74, 6) is 0.340. The zero-order valence-corrected chi connectivity index (χ0v) is 15.2. The van der Waals surface area contributed by atoms with Gasteiger partial charge in [-0.05, 0) is 29.5 Å². The molecule has 124 valence electrons. The van der Waals surface area contributed by atoms with Gasteiger partial charge in [-0.2, -0.15) is 0 Å². The van der Waals surface area contributed by atoms with Crippen LogP contribution in [0.5, 0.6) is 0 Å². The molecular weight excluding hydrogens is 338 g/mol. The molecule has 0 aromatic carbocycles. The Kier molecular flexibility index (Phi) is 5.37. The van der Waals surface area contributed by atoms with E-state index in [4.69, 9.17) is 0 Å². The Morgan fingerprint density at radius 1 is 1.21 bits per heavy atom. The maximum Gasteiger partial charge on any atom is 0.226 e. The second kappa shape index (κ2) is 7.68. The largest absolute Gasteiger partial charge is 0.348 e. The van der Waals surface area contributed by atoms with Gasteiger partial charge >= 0.3 is 0 Å². The third-order valence-electron chi connectivity index (χ3n) is 3.61. The van der Waals surface area contributed by atoms with Crippen molar-refractivity contribution >= 4 is 28.6 Å². The molecule has 24 heavy (non-hydrogen) atoms. The summed E-state index contributed by atoms with van der Waals surface area (Å²) in [6.07, 6.45) is 2.04. The summed E-state index contributed by atoms with van der Waals surface area (Å²) in [5.41, 5.74) is 1.62. The number of pyridine rings is 1. The molecule has 0 aliphatic heterocycles. The van der Waals surface area contributed by atoms with E-state index in [1.165, 1.54) is 16.2 Å². The van der Waals surface area contributed by atoms with Crippen LogP contribution < -0.4 is 5.32 Å². The van der Waals surface area contributed by atoms with Crippen LogP contribution in [0.3, 0.4) is 0 Å². The summed E-state index contributed by atoms with van der Waals surface area (Å²) >= 11 is 3.19. The molecule has 1 atom stereocenters. The number of nitrogens with zero attached hydrogens (tertiary/aromatic N) is 2. The van der Waals surface area contributed by atoms with Crippen LogP contribution in [0.2, 0.25) is 0 Å². The Labute approximate surface area is 149 Å². The minimum atomic E-state index is -0.0000270. The van der Waals surface area contributed by atoms with Crippen molar-refractivity contribution < 1.29 is 4.79 Å². The summed E-state index contributed by atoms with van der Waals surface area (Å²) in [4.78, 5) is 22.4. The predicted octanol–water partition coefficient (Wildman–Crippen LogP) is 4.32. The molecular formula is C18H19N3OS2. The van der Waals surface area contributed by atoms with Gasteiger partial charge in [-0.1, -0.05) is 26.0 Å². The lowest BCUT2D eigenvalue weighted by Gasteiger charge is -2.21. The van der Waals surface area contributed by atoms with Crippen LogP contribution in [0.15, 0.2) is 47.3 Å².